The Kier molecular flexibility index (Phi) is 5.40. The van der Waals surface area contributed by atoms with E-state index in [9.17, 15) is 4.79 Å². The summed E-state index contributed by atoms with van der Waals surface area (Å²) in [6, 6.07) is 5.58. The summed E-state index contributed by atoms with van der Waals surface area (Å²) in [5.41, 5.74) is 6.20. The van der Waals surface area contributed by atoms with E-state index < -0.39 is 0 Å². The quantitative estimate of drug-likeness (QED) is 0.816. The van der Waals surface area contributed by atoms with Crippen LogP contribution in [0, 0.1) is 11.3 Å². The highest BCUT2D eigenvalue weighted by atomic mass is 16.1. The molecule has 98 valence electrons. The van der Waals surface area contributed by atoms with Gasteiger partial charge in [-0.05, 0) is 19.9 Å². The van der Waals surface area contributed by atoms with Crippen molar-refractivity contribution in [1.29, 1.82) is 5.26 Å². The van der Waals surface area contributed by atoms with Crippen LogP contribution in [0.3, 0.4) is 0 Å². The molecular weight excluding hydrogens is 228 g/mol. The fraction of sp³-hybridized carbons (Fsp3) is 0.538. The Morgan fingerprint density at radius 3 is 2.78 bits per heavy atom. The maximum absolute atomic E-state index is 11.6. The number of nitrogen functional groups attached to an aromatic ring is 1. The van der Waals surface area contributed by atoms with E-state index >= 15 is 0 Å². The molecule has 0 aliphatic rings. The van der Waals surface area contributed by atoms with Gasteiger partial charge >= 0.3 is 0 Å². The van der Waals surface area contributed by atoms with Gasteiger partial charge in [0.1, 0.15) is 0 Å². The highest BCUT2D eigenvalue weighted by Crippen LogP contribution is 2.01. The van der Waals surface area contributed by atoms with Crippen LogP contribution in [0.15, 0.2) is 23.1 Å². The summed E-state index contributed by atoms with van der Waals surface area (Å²) in [6.45, 7) is 6.22. The first kappa shape index (κ1) is 14.3. The van der Waals surface area contributed by atoms with Crippen molar-refractivity contribution in [3.8, 4) is 6.07 Å². The zero-order valence-electron chi connectivity index (χ0n) is 11.0. The Morgan fingerprint density at radius 2 is 2.17 bits per heavy atom. The zero-order valence-corrected chi connectivity index (χ0v) is 11.0. The molecular formula is C13H20N4O. The van der Waals surface area contributed by atoms with Crippen molar-refractivity contribution in [1.82, 2.24) is 9.47 Å². The number of aromatic nitrogens is 1. The average molecular weight is 248 g/mol. The third-order valence-corrected chi connectivity index (χ3v) is 2.88. The van der Waals surface area contributed by atoms with E-state index in [2.05, 4.69) is 24.8 Å². The van der Waals surface area contributed by atoms with Gasteiger partial charge in [0, 0.05) is 50.0 Å². The van der Waals surface area contributed by atoms with Gasteiger partial charge in [0.2, 0.25) is 0 Å². The highest BCUT2D eigenvalue weighted by molar-refractivity contribution is 5.33. The molecule has 0 aromatic carbocycles. The molecule has 0 aliphatic carbocycles. The van der Waals surface area contributed by atoms with E-state index in [4.69, 9.17) is 11.0 Å². The monoisotopic (exact) mass is 248 g/mol. The lowest BCUT2D eigenvalue weighted by Crippen LogP contribution is -2.36. The average Bonchev–Trinajstić information content (AvgIpc) is 2.33. The largest absolute Gasteiger partial charge is 0.398 e. The number of anilines is 1. The Morgan fingerprint density at radius 1 is 1.44 bits per heavy atom. The van der Waals surface area contributed by atoms with Crippen molar-refractivity contribution < 1.29 is 0 Å². The van der Waals surface area contributed by atoms with Gasteiger partial charge in [0.15, 0.2) is 0 Å². The fourth-order valence-electron chi connectivity index (χ4n) is 1.78. The normalized spacial score (nSPS) is 10.8. The molecule has 1 heterocycles. The van der Waals surface area contributed by atoms with Gasteiger partial charge in [0.05, 0.1) is 6.07 Å². The molecule has 0 bridgehead atoms. The van der Waals surface area contributed by atoms with E-state index in [1.807, 2.05) is 0 Å². The maximum Gasteiger partial charge on any atom is 0.250 e. The second-order valence-electron chi connectivity index (χ2n) is 4.53. The van der Waals surface area contributed by atoms with E-state index in [0.717, 1.165) is 13.1 Å². The Hall–Kier alpha value is -1.80. The van der Waals surface area contributed by atoms with Crippen LogP contribution in [-0.4, -0.2) is 28.6 Å². The summed E-state index contributed by atoms with van der Waals surface area (Å²) in [7, 11) is 0. The molecule has 0 radical (unpaired) electrons. The molecule has 2 N–H and O–H groups in total. The molecule has 1 aromatic rings. The van der Waals surface area contributed by atoms with Crippen LogP contribution in [0.2, 0.25) is 0 Å². The van der Waals surface area contributed by atoms with Crippen LogP contribution in [0.1, 0.15) is 20.3 Å². The lowest BCUT2D eigenvalue weighted by molar-refractivity contribution is 0.217. The number of nitrogens with zero attached hydrogens (tertiary/aromatic N) is 3. The number of nitriles is 1. The van der Waals surface area contributed by atoms with Crippen LogP contribution in [0.25, 0.3) is 0 Å². The first-order valence-corrected chi connectivity index (χ1v) is 6.11. The van der Waals surface area contributed by atoms with Crippen molar-refractivity contribution in [3.63, 3.8) is 0 Å². The number of rotatable bonds is 6. The van der Waals surface area contributed by atoms with Crippen LogP contribution in [0.4, 0.5) is 5.69 Å². The summed E-state index contributed by atoms with van der Waals surface area (Å²) < 4.78 is 1.61. The molecule has 0 fully saturated rings. The molecule has 1 aromatic heterocycles. The van der Waals surface area contributed by atoms with Gasteiger partial charge in [-0.1, -0.05) is 0 Å². The standard InChI is InChI=1S/C13H20N4O/c1-11(2)16(7-3-6-14)8-9-17-10-12(15)4-5-13(17)18/h4-5,10-11H,3,7-9,15H2,1-2H3. The van der Waals surface area contributed by atoms with Gasteiger partial charge in [-0.25, -0.2) is 0 Å². The van der Waals surface area contributed by atoms with Crippen LogP contribution >= 0.6 is 0 Å². The molecule has 5 nitrogen and oxygen atoms in total. The Balaban J connectivity index is 2.64. The minimum Gasteiger partial charge on any atom is -0.398 e. The van der Waals surface area contributed by atoms with Crippen molar-refractivity contribution in [2.45, 2.75) is 32.9 Å². The van der Waals surface area contributed by atoms with Gasteiger partial charge in [-0.3, -0.25) is 9.69 Å². The van der Waals surface area contributed by atoms with Gasteiger partial charge < -0.3 is 10.3 Å². The minimum absolute atomic E-state index is 0.0480. The maximum atomic E-state index is 11.6. The zero-order chi connectivity index (χ0) is 13.5. The van der Waals surface area contributed by atoms with Crippen molar-refractivity contribution in [3.05, 3.63) is 28.7 Å². The van der Waals surface area contributed by atoms with Crippen molar-refractivity contribution in [2.24, 2.45) is 0 Å². The molecule has 0 saturated carbocycles. The first-order chi connectivity index (χ1) is 8.54. The van der Waals surface area contributed by atoms with Crippen molar-refractivity contribution >= 4 is 5.69 Å². The van der Waals surface area contributed by atoms with Crippen LogP contribution in [0.5, 0.6) is 0 Å². The molecule has 1 rings (SSSR count). The number of nitrogens with two attached hydrogens (primary N) is 1. The Bertz CT molecular complexity index is 473. The van der Waals surface area contributed by atoms with E-state index in [-0.39, 0.29) is 5.56 Å². The second kappa shape index (κ2) is 6.82. The third-order valence-electron chi connectivity index (χ3n) is 2.88. The fourth-order valence-corrected chi connectivity index (χ4v) is 1.78. The van der Waals surface area contributed by atoms with E-state index in [1.165, 1.54) is 6.07 Å². The third kappa shape index (κ3) is 4.22. The summed E-state index contributed by atoms with van der Waals surface area (Å²) in [5, 5.41) is 8.61. The van der Waals surface area contributed by atoms with Gasteiger partial charge in [-0.15, -0.1) is 0 Å². The van der Waals surface area contributed by atoms with Gasteiger partial charge in [0.25, 0.3) is 5.56 Å². The summed E-state index contributed by atoms with van der Waals surface area (Å²) >= 11 is 0. The lowest BCUT2D eigenvalue weighted by Gasteiger charge is -2.25. The van der Waals surface area contributed by atoms with E-state index in [0.29, 0.717) is 24.7 Å². The van der Waals surface area contributed by atoms with Crippen LogP contribution < -0.4 is 11.3 Å². The van der Waals surface area contributed by atoms with Gasteiger partial charge in [-0.2, -0.15) is 5.26 Å². The summed E-state index contributed by atoms with van der Waals surface area (Å²) in [5.74, 6) is 0. The van der Waals surface area contributed by atoms with Crippen LogP contribution in [-0.2, 0) is 6.54 Å². The smallest absolute Gasteiger partial charge is 0.250 e. The first-order valence-electron chi connectivity index (χ1n) is 6.11. The predicted molar refractivity (Wildman–Crippen MR) is 72.1 cm³/mol. The topological polar surface area (TPSA) is 75.1 Å². The molecule has 0 atom stereocenters. The highest BCUT2D eigenvalue weighted by Gasteiger charge is 2.09. The molecule has 0 aliphatic heterocycles. The lowest BCUT2D eigenvalue weighted by atomic mass is 10.3. The number of hydrogen-bond acceptors (Lipinski definition) is 4. The predicted octanol–water partition coefficient (Wildman–Crippen LogP) is 1.05. The molecule has 5 heteroatoms. The SMILES string of the molecule is CC(C)N(CCC#N)CCn1cc(N)ccc1=O. The minimum atomic E-state index is -0.0480. The molecule has 0 unspecified atom stereocenters. The number of pyridine rings is 1. The second-order valence-corrected chi connectivity index (χ2v) is 4.53. The molecule has 0 saturated heterocycles. The van der Waals surface area contributed by atoms with E-state index in [1.54, 1.807) is 16.8 Å². The molecule has 18 heavy (non-hydrogen) atoms. The molecule has 0 amide bonds. The summed E-state index contributed by atoms with van der Waals surface area (Å²) in [6.07, 6.45) is 2.16. The summed E-state index contributed by atoms with van der Waals surface area (Å²) in [4.78, 5) is 13.8. The Labute approximate surface area is 107 Å². The van der Waals surface area contributed by atoms with Crippen molar-refractivity contribution in [2.75, 3.05) is 18.8 Å². The number of hydrogen-bond donors (Lipinski definition) is 1. The molecule has 0 spiro atoms.